The minimum atomic E-state index is -1.35. The molecule has 0 aromatic heterocycles. The lowest BCUT2D eigenvalue weighted by molar-refractivity contribution is -0.273. The lowest BCUT2D eigenvalue weighted by Gasteiger charge is -2.48. The summed E-state index contributed by atoms with van der Waals surface area (Å²) in [5, 5.41) is 12.2. The molecule has 0 saturated heterocycles. The van der Waals surface area contributed by atoms with Crippen LogP contribution in [0.1, 0.15) is 32.6 Å². The van der Waals surface area contributed by atoms with Crippen LogP contribution in [0.15, 0.2) is 140 Å². The molecule has 9 heteroatoms. The van der Waals surface area contributed by atoms with Gasteiger partial charge in [0.2, 0.25) is 0 Å². The summed E-state index contributed by atoms with van der Waals surface area (Å²) in [6.45, 7) is 0.689. The topological polar surface area (TPSA) is 102 Å². The molecule has 1 saturated carbocycles. The van der Waals surface area contributed by atoms with E-state index in [1.807, 2.05) is 115 Å². The molecule has 0 radical (unpaired) electrons. The van der Waals surface area contributed by atoms with Crippen molar-refractivity contribution in [3.63, 3.8) is 0 Å². The van der Waals surface area contributed by atoms with Gasteiger partial charge in [-0.3, -0.25) is 0 Å². The number of aliphatic hydroxyl groups is 1. The Morgan fingerprint density at radius 3 is 1.23 bits per heavy atom. The van der Waals surface area contributed by atoms with Crippen molar-refractivity contribution in [1.29, 1.82) is 0 Å². The number of benzene rings is 5. The van der Waals surface area contributed by atoms with Gasteiger partial charge in [0.15, 0.2) is 6.10 Å². The second-order valence-corrected chi connectivity index (χ2v) is 12.5. The standard InChI is InChI=1S/C43H44O9/c1-46-35-22-18-32(19-23-35)28-50-41-39(52-43(45)34-16-10-5-11-17-34)37(44)38(48-26-30-12-6-3-7-13-30)40(49-27-31-14-8-4-9-15-31)42(41)51-29-33-20-24-36(47-2)25-21-33/h3-25,37-42,44H,26-29H2,1-2H3/t37-,38+,39-,40-,41+,42+/m1/s1. The van der Waals surface area contributed by atoms with Crippen LogP contribution >= 0.6 is 0 Å². The van der Waals surface area contributed by atoms with Crippen LogP contribution in [0.5, 0.6) is 11.5 Å². The van der Waals surface area contributed by atoms with Crippen molar-refractivity contribution in [2.45, 2.75) is 63.1 Å². The molecule has 52 heavy (non-hydrogen) atoms. The fourth-order valence-corrected chi connectivity index (χ4v) is 6.16. The Morgan fingerprint density at radius 1 is 0.462 bits per heavy atom. The predicted octanol–water partition coefficient (Wildman–Crippen LogP) is 6.95. The molecule has 0 amide bonds. The molecule has 5 aromatic carbocycles. The summed E-state index contributed by atoms with van der Waals surface area (Å²) in [6, 6.07) is 43.1. The van der Waals surface area contributed by atoms with Crippen LogP contribution in [0.25, 0.3) is 0 Å². The van der Waals surface area contributed by atoms with E-state index >= 15 is 0 Å². The van der Waals surface area contributed by atoms with Crippen molar-refractivity contribution in [1.82, 2.24) is 0 Å². The molecule has 0 bridgehead atoms. The molecule has 6 rings (SSSR count). The SMILES string of the molecule is COc1ccc(CO[C@@H]2[C@@H](OCc3ccc(OC)cc3)[C@H](OC(=O)c3ccccc3)[C@H](O)[C@H](OCc3ccccc3)[C@H]2OCc2ccccc2)cc1. The molecule has 6 atom stereocenters. The summed E-state index contributed by atoms with van der Waals surface area (Å²) in [4.78, 5) is 13.6. The first-order valence-corrected chi connectivity index (χ1v) is 17.3. The van der Waals surface area contributed by atoms with E-state index in [1.54, 1.807) is 38.5 Å². The van der Waals surface area contributed by atoms with Crippen LogP contribution in [0.3, 0.4) is 0 Å². The highest BCUT2D eigenvalue weighted by molar-refractivity contribution is 5.89. The lowest BCUT2D eigenvalue weighted by Crippen LogP contribution is -2.67. The summed E-state index contributed by atoms with van der Waals surface area (Å²) < 4.78 is 43.4. The Bertz CT molecular complexity index is 1780. The zero-order chi connectivity index (χ0) is 36.1. The summed E-state index contributed by atoms with van der Waals surface area (Å²) in [5.74, 6) is 0.818. The van der Waals surface area contributed by atoms with E-state index in [9.17, 15) is 9.90 Å². The van der Waals surface area contributed by atoms with Gasteiger partial charge in [-0.15, -0.1) is 0 Å². The molecular formula is C43H44O9. The Kier molecular flexibility index (Phi) is 13.0. The maximum Gasteiger partial charge on any atom is 0.338 e. The summed E-state index contributed by atoms with van der Waals surface area (Å²) in [5.41, 5.74) is 3.90. The van der Waals surface area contributed by atoms with Gasteiger partial charge < -0.3 is 38.3 Å². The minimum absolute atomic E-state index is 0.129. The first-order chi connectivity index (χ1) is 25.5. The largest absolute Gasteiger partial charge is 0.497 e. The van der Waals surface area contributed by atoms with E-state index < -0.39 is 42.6 Å². The maximum absolute atomic E-state index is 13.6. The second-order valence-electron chi connectivity index (χ2n) is 12.5. The second kappa shape index (κ2) is 18.5. The number of hydrogen-bond donors (Lipinski definition) is 1. The monoisotopic (exact) mass is 704 g/mol. The fourth-order valence-electron chi connectivity index (χ4n) is 6.16. The van der Waals surface area contributed by atoms with E-state index in [-0.39, 0.29) is 26.4 Å². The van der Waals surface area contributed by atoms with Crippen molar-refractivity contribution in [3.8, 4) is 11.5 Å². The maximum atomic E-state index is 13.6. The van der Waals surface area contributed by atoms with Crippen LogP contribution in [0.2, 0.25) is 0 Å². The Labute approximate surface area is 304 Å². The normalized spacial score (nSPS) is 21.3. The summed E-state index contributed by atoms with van der Waals surface area (Å²) in [7, 11) is 3.22. The molecule has 0 spiro atoms. The van der Waals surface area contributed by atoms with E-state index in [0.717, 1.165) is 28.0 Å². The highest BCUT2D eigenvalue weighted by Gasteiger charge is 2.55. The van der Waals surface area contributed by atoms with Crippen LogP contribution in [-0.2, 0) is 50.1 Å². The number of methoxy groups -OCH3 is 2. The summed E-state index contributed by atoms with van der Waals surface area (Å²) >= 11 is 0. The number of carbonyl (C=O) groups excluding carboxylic acids is 1. The average Bonchev–Trinajstić information content (AvgIpc) is 3.20. The smallest absolute Gasteiger partial charge is 0.338 e. The summed E-state index contributed by atoms with van der Waals surface area (Å²) in [6.07, 6.45) is -6.19. The number of aliphatic hydroxyl groups excluding tert-OH is 1. The zero-order valence-electron chi connectivity index (χ0n) is 29.3. The predicted molar refractivity (Wildman–Crippen MR) is 195 cm³/mol. The number of esters is 1. The molecule has 9 nitrogen and oxygen atoms in total. The van der Waals surface area contributed by atoms with Gasteiger partial charge in [-0.1, -0.05) is 103 Å². The van der Waals surface area contributed by atoms with Crippen molar-refractivity contribution in [2.24, 2.45) is 0 Å². The number of carbonyl (C=O) groups is 1. The fraction of sp³-hybridized carbons (Fsp3) is 0.279. The highest BCUT2D eigenvalue weighted by Crippen LogP contribution is 2.35. The zero-order valence-corrected chi connectivity index (χ0v) is 29.3. The Morgan fingerprint density at radius 2 is 0.808 bits per heavy atom. The molecular weight excluding hydrogens is 660 g/mol. The van der Waals surface area contributed by atoms with Gasteiger partial charge in [0.25, 0.3) is 0 Å². The molecule has 1 aliphatic carbocycles. The quantitative estimate of drug-likeness (QED) is 0.109. The van der Waals surface area contributed by atoms with E-state index in [1.165, 1.54) is 0 Å². The third kappa shape index (κ3) is 9.64. The van der Waals surface area contributed by atoms with Gasteiger partial charge in [-0.2, -0.15) is 0 Å². The highest BCUT2D eigenvalue weighted by atomic mass is 16.6. The van der Waals surface area contributed by atoms with Gasteiger partial charge in [-0.25, -0.2) is 4.79 Å². The molecule has 1 aliphatic rings. The van der Waals surface area contributed by atoms with Crippen LogP contribution < -0.4 is 9.47 Å². The molecule has 0 unspecified atom stereocenters. The van der Waals surface area contributed by atoms with Gasteiger partial charge in [0, 0.05) is 0 Å². The Balaban J connectivity index is 1.38. The average molecular weight is 705 g/mol. The van der Waals surface area contributed by atoms with Gasteiger partial charge in [0.1, 0.15) is 42.0 Å². The van der Waals surface area contributed by atoms with Crippen molar-refractivity contribution < 1.29 is 43.1 Å². The van der Waals surface area contributed by atoms with Crippen LogP contribution in [0, 0.1) is 0 Å². The number of ether oxygens (including phenoxy) is 7. The van der Waals surface area contributed by atoms with Crippen molar-refractivity contribution >= 4 is 5.97 Å². The first-order valence-electron chi connectivity index (χ1n) is 17.3. The van der Waals surface area contributed by atoms with Crippen molar-refractivity contribution in [2.75, 3.05) is 14.2 Å². The van der Waals surface area contributed by atoms with Crippen molar-refractivity contribution in [3.05, 3.63) is 167 Å². The molecule has 1 fully saturated rings. The molecule has 1 N–H and O–H groups in total. The lowest BCUT2D eigenvalue weighted by atomic mass is 9.83. The van der Waals surface area contributed by atoms with Crippen LogP contribution in [0.4, 0.5) is 0 Å². The van der Waals surface area contributed by atoms with E-state index in [4.69, 9.17) is 33.2 Å². The third-order valence-electron chi connectivity index (χ3n) is 8.99. The molecule has 5 aromatic rings. The number of rotatable bonds is 16. The third-order valence-corrected chi connectivity index (χ3v) is 8.99. The van der Waals surface area contributed by atoms with Gasteiger partial charge in [0.05, 0.1) is 46.2 Å². The van der Waals surface area contributed by atoms with Gasteiger partial charge >= 0.3 is 5.97 Å². The minimum Gasteiger partial charge on any atom is -0.497 e. The van der Waals surface area contributed by atoms with E-state index in [0.29, 0.717) is 11.3 Å². The number of hydrogen-bond acceptors (Lipinski definition) is 9. The first kappa shape index (κ1) is 36.8. The molecule has 270 valence electrons. The molecule has 0 aliphatic heterocycles. The van der Waals surface area contributed by atoms with E-state index in [2.05, 4.69) is 0 Å². The Hall–Kier alpha value is -5.03. The molecule has 0 heterocycles. The van der Waals surface area contributed by atoms with Gasteiger partial charge in [-0.05, 0) is 58.7 Å². The van der Waals surface area contributed by atoms with Crippen LogP contribution in [-0.4, -0.2) is 61.9 Å².